The zero-order valence-electron chi connectivity index (χ0n) is 12.7. The molecule has 0 unspecified atom stereocenters. The predicted octanol–water partition coefficient (Wildman–Crippen LogP) is 2.38. The van der Waals surface area contributed by atoms with Gasteiger partial charge in [-0.2, -0.15) is 5.26 Å². The molecule has 0 heterocycles. The van der Waals surface area contributed by atoms with E-state index >= 15 is 0 Å². The van der Waals surface area contributed by atoms with Crippen LogP contribution in [0.4, 0.5) is 5.69 Å². The van der Waals surface area contributed by atoms with Crippen LogP contribution in [0.1, 0.15) is 25.0 Å². The van der Waals surface area contributed by atoms with Crippen molar-refractivity contribution in [3.8, 4) is 11.8 Å². The number of hydrogen-bond donors (Lipinski definition) is 1. The fraction of sp³-hybridized carbons (Fsp3) is 0.333. The standard InChI is InChI=1S/C15H17N3O4/c1-4-17(5-2)15(20)12(9-16)7-11-6-10(3)14(19)13(8-11)18(21)22/h6-8,19H,4-5H2,1-3H3/b12-7-. The van der Waals surface area contributed by atoms with Crippen LogP contribution in [0, 0.1) is 28.4 Å². The summed E-state index contributed by atoms with van der Waals surface area (Å²) in [7, 11) is 0. The summed E-state index contributed by atoms with van der Waals surface area (Å²) in [4.78, 5) is 23.8. The summed E-state index contributed by atoms with van der Waals surface area (Å²) in [5.74, 6) is -0.850. The number of likely N-dealkylation sites (N-methyl/N-ethyl adjacent to an activating group) is 1. The summed E-state index contributed by atoms with van der Waals surface area (Å²) >= 11 is 0. The van der Waals surface area contributed by atoms with E-state index in [1.165, 1.54) is 24.0 Å². The number of aryl methyl sites for hydroxylation is 1. The van der Waals surface area contributed by atoms with Crippen LogP contribution < -0.4 is 0 Å². The molecule has 0 aliphatic rings. The number of phenolic OH excluding ortho intramolecular Hbond substituents is 1. The van der Waals surface area contributed by atoms with Crippen LogP contribution in [0.15, 0.2) is 17.7 Å². The number of nitrogens with zero attached hydrogens (tertiary/aromatic N) is 3. The highest BCUT2D eigenvalue weighted by Crippen LogP contribution is 2.31. The van der Waals surface area contributed by atoms with Crippen molar-refractivity contribution in [2.75, 3.05) is 13.1 Å². The zero-order valence-corrected chi connectivity index (χ0v) is 12.7. The van der Waals surface area contributed by atoms with Gasteiger partial charge in [0.1, 0.15) is 11.6 Å². The maximum atomic E-state index is 12.2. The molecular formula is C15H17N3O4. The molecule has 0 aromatic heterocycles. The first-order valence-electron chi connectivity index (χ1n) is 6.74. The maximum Gasteiger partial charge on any atom is 0.311 e. The second-order valence-electron chi connectivity index (χ2n) is 4.61. The Morgan fingerprint density at radius 1 is 1.45 bits per heavy atom. The average Bonchev–Trinajstić information content (AvgIpc) is 2.48. The normalized spacial score (nSPS) is 10.9. The van der Waals surface area contributed by atoms with Crippen molar-refractivity contribution in [2.24, 2.45) is 0 Å². The van der Waals surface area contributed by atoms with E-state index in [9.17, 15) is 20.0 Å². The molecule has 7 nitrogen and oxygen atoms in total. The third-order valence-corrected chi connectivity index (χ3v) is 3.21. The number of nitro benzene ring substituents is 1. The highest BCUT2D eigenvalue weighted by molar-refractivity contribution is 6.01. The molecule has 0 radical (unpaired) electrons. The van der Waals surface area contributed by atoms with E-state index in [1.807, 2.05) is 6.07 Å². The summed E-state index contributed by atoms with van der Waals surface area (Å²) < 4.78 is 0. The van der Waals surface area contributed by atoms with Gasteiger partial charge in [-0.3, -0.25) is 14.9 Å². The fourth-order valence-electron chi connectivity index (χ4n) is 2.00. The number of amides is 1. The topological polar surface area (TPSA) is 107 Å². The van der Waals surface area contributed by atoms with Crippen molar-refractivity contribution in [1.29, 1.82) is 5.26 Å². The number of carbonyl (C=O) groups is 1. The lowest BCUT2D eigenvalue weighted by molar-refractivity contribution is -0.385. The van der Waals surface area contributed by atoms with E-state index in [4.69, 9.17) is 5.26 Å². The van der Waals surface area contributed by atoms with Gasteiger partial charge in [0, 0.05) is 19.2 Å². The lowest BCUT2D eigenvalue weighted by Gasteiger charge is -2.17. The molecule has 0 fully saturated rings. The van der Waals surface area contributed by atoms with E-state index < -0.39 is 22.3 Å². The summed E-state index contributed by atoms with van der Waals surface area (Å²) in [5, 5.41) is 29.7. The van der Waals surface area contributed by atoms with E-state index in [-0.39, 0.29) is 5.57 Å². The van der Waals surface area contributed by atoms with E-state index in [2.05, 4.69) is 0 Å². The van der Waals surface area contributed by atoms with Crippen molar-refractivity contribution >= 4 is 17.7 Å². The van der Waals surface area contributed by atoms with Crippen LogP contribution in [0.5, 0.6) is 5.75 Å². The largest absolute Gasteiger partial charge is 0.502 e. The first-order chi connectivity index (χ1) is 10.3. The van der Waals surface area contributed by atoms with Crippen LogP contribution in [0.25, 0.3) is 6.08 Å². The molecule has 0 atom stereocenters. The van der Waals surface area contributed by atoms with Crippen LogP contribution in [-0.4, -0.2) is 33.9 Å². The van der Waals surface area contributed by atoms with E-state index in [0.717, 1.165) is 6.07 Å². The molecule has 7 heteroatoms. The number of hydrogen-bond acceptors (Lipinski definition) is 5. The summed E-state index contributed by atoms with van der Waals surface area (Å²) in [5.41, 5.74) is 0.0500. The van der Waals surface area contributed by atoms with Gasteiger partial charge in [-0.25, -0.2) is 0 Å². The van der Waals surface area contributed by atoms with Gasteiger partial charge in [0.2, 0.25) is 0 Å². The van der Waals surface area contributed by atoms with Crippen molar-refractivity contribution in [2.45, 2.75) is 20.8 Å². The molecule has 116 valence electrons. The maximum absolute atomic E-state index is 12.2. The third kappa shape index (κ3) is 3.61. The van der Waals surface area contributed by atoms with E-state index in [0.29, 0.717) is 24.2 Å². The average molecular weight is 303 g/mol. The van der Waals surface area contributed by atoms with Crippen LogP contribution in [0.3, 0.4) is 0 Å². The monoisotopic (exact) mass is 303 g/mol. The molecule has 0 saturated carbocycles. The third-order valence-electron chi connectivity index (χ3n) is 3.21. The second-order valence-corrected chi connectivity index (χ2v) is 4.61. The molecule has 0 spiro atoms. The van der Waals surface area contributed by atoms with Crippen LogP contribution in [-0.2, 0) is 4.79 Å². The Balaban J connectivity index is 3.33. The number of aromatic hydroxyl groups is 1. The smallest absolute Gasteiger partial charge is 0.311 e. The minimum atomic E-state index is -0.710. The molecular weight excluding hydrogens is 286 g/mol. The van der Waals surface area contributed by atoms with Gasteiger partial charge in [-0.1, -0.05) is 0 Å². The first kappa shape index (κ1) is 17.2. The van der Waals surface area contributed by atoms with Gasteiger partial charge in [0.15, 0.2) is 5.75 Å². The number of nitriles is 1. The Labute approximate surface area is 128 Å². The number of phenols is 1. The quantitative estimate of drug-likeness (QED) is 0.389. The Kier molecular flexibility index (Phi) is 5.64. The minimum absolute atomic E-state index is 0.108. The molecule has 0 aliphatic heterocycles. The zero-order chi connectivity index (χ0) is 16.9. The molecule has 22 heavy (non-hydrogen) atoms. The second kappa shape index (κ2) is 7.22. The van der Waals surface area contributed by atoms with Crippen molar-refractivity contribution in [3.05, 3.63) is 38.9 Å². The molecule has 0 saturated heterocycles. The minimum Gasteiger partial charge on any atom is -0.502 e. The Bertz CT molecular complexity index is 670. The number of carbonyl (C=O) groups excluding carboxylic acids is 1. The highest BCUT2D eigenvalue weighted by atomic mass is 16.6. The lowest BCUT2D eigenvalue weighted by atomic mass is 10.1. The van der Waals surface area contributed by atoms with Gasteiger partial charge in [0.25, 0.3) is 5.91 Å². The first-order valence-corrected chi connectivity index (χ1v) is 6.74. The van der Waals surface area contributed by atoms with Gasteiger partial charge in [-0.15, -0.1) is 0 Å². The predicted molar refractivity (Wildman–Crippen MR) is 81.0 cm³/mol. The highest BCUT2D eigenvalue weighted by Gasteiger charge is 2.19. The van der Waals surface area contributed by atoms with Crippen molar-refractivity contribution in [1.82, 2.24) is 4.90 Å². The number of nitro groups is 1. The Hall–Kier alpha value is -2.88. The molecule has 1 aromatic carbocycles. The Morgan fingerprint density at radius 2 is 2.05 bits per heavy atom. The SMILES string of the molecule is CCN(CC)C(=O)/C(C#N)=C\c1cc(C)c(O)c([N+](=O)[O-])c1. The molecule has 1 amide bonds. The van der Waals surface area contributed by atoms with Crippen LogP contribution >= 0.6 is 0 Å². The van der Waals surface area contributed by atoms with E-state index in [1.54, 1.807) is 13.8 Å². The van der Waals surface area contributed by atoms with Crippen molar-refractivity contribution < 1.29 is 14.8 Å². The van der Waals surface area contributed by atoms with Crippen molar-refractivity contribution in [3.63, 3.8) is 0 Å². The Morgan fingerprint density at radius 3 is 2.50 bits per heavy atom. The fourth-order valence-corrected chi connectivity index (χ4v) is 2.00. The molecule has 0 aliphatic carbocycles. The summed E-state index contributed by atoms with van der Waals surface area (Å²) in [6, 6.07) is 4.44. The summed E-state index contributed by atoms with van der Waals surface area (Å²) in [6.45, 7) is 6.03. The number of benzene rings is 1. The molecule has 1 rings (SSSR count). The van der Waals surface area contributed by atoms with Gasteiger partial charge in [0.05, 0.1) is 4.92 Å². The molecule has 0 bridgehead atoms. The lowest BCUT2D eigenvalue weighted by Crippen LogP contribution is -2.31. The van der Waals surface area contributed by atoms with Gasteiger partial charge in [-0.05, 0) is 44.0 Å². The van der Waals surface area contributed by atoms with Gasteiger partial charge < -0.3 is 10.0 Å². The molecule has 1 N–H and O–H groups in total. The van der Waals surface area contributed by atoms with Crippen LogP contribution in [0.2, 0.25) is 0 Å². The van der Waals surface area contributed by atoms with Gasteiger partial charge >= 0.3 is 5.69 Å². The number of rotatable bonds is 5. The summed E-state index contributed by atoms with van der Waals surface area (Å²) in [6.07, 6.45) is 1.29. The molecule has 1 aromatic rings.